The largest absolute Gasteiger partial charge is 0.396 e. The van der Waals surface area contributed by atoms with Crippen molar-refractivity contribution < 1.29 is 9.90 Å². The number of carbonyl (C=O) groups is 1. The molecule has 0 fully saturated rings. The molecule has 4 heteroatoms. The van der Waals surface area contributed by atoms with Gasteiger partial charge in [-0.25, -0.2) is 0 Å². The zero-order valence-electron chi connectivity index (χ0n) is 14.4. The summed E-state index contributed by atoms with van der Waals surface area (Å²) in [6.45, 7) is 3.93. The molecule has 0 spiro atoms. The molecule has 0 aromatic heterocycles. The number of hydrogen-bond acceptors (Lipinski definition) is 3. The van der Waals surface area contributed by atoms with Gasteiger partial charge in [-0.2, -0.15) is 0 Å². The van der Waals surface area contributed by atoms with Crippen molar-refractivity contribution in [2.45, 2.75) is 32.5 Å². The molecule has 1 unspecified atom stereocenters. The monoisotopic (exact) mass is 326 g/mol. The Morgan fingerprint density at radius 2 is 1.62 bits per heavy atom. The second-order valence-corrected chi connectivity index (χ2v) is 6.03. The van der Waals surface area contributed by atoms with E-state index in [2.05, 4.69) is 29.3 Å². The predicted octanol–water partition coefficient (Wildman–Crippen LogP) is 2.82. The van der Waals surface area contributed by atoms with Crippen LogP contribution >= 0.6 is 0 Å². The third-order valence-corrected chi connectivity index (χ3v) is 4.23. The number of aliphatic hydroxyl groups is 1. The summed E-state index contributed by atoms with van der Waals surface area (Å²) in [6.07, 6.45) is 0.739. The van der Waals surface area contributed by atoms with Gasteiger partial charge in [0.15, 0.2) is 0 Å². The lowest BCUT2D eigenvalue weighted by atomic mass is 10.1. The van der Waals surface area contributed by atoms with Crippen molar-refractivity contribution in [3.8, 4) is 0 Å². The van der Waals surface area contributed by atoms with Crippen LogP contribution in [0.4, 0.5) is 0 Å². The van der Waals surface area contributed by atoms with Crippen molar-refractivity contribution >= 4 is 5.91 Å². The van der Waals surface area contributed by atoms with Crippen molar-refractivity contribution in [3.63, 3.8) is 0 Å². The molecular weight excluding hydrogens is 300 g/mol. The van der Waals surface area contributed by atoms with Crippen LogP contribution in [0.5, 0.6) is 0 Å². The highest BCUT2D eigenvalue weighted by Crippen LogP contribution is 2.16. The zero-order chi connectivity index (χ0) is 17.4. The number of rotatable bonds is 8. The predicted molar refractivity (Wildman–Crippen MR) is 96.7 cm³/mol. The fourth-order valence-corrected chi connectivity index (χ4v) is 2.70. The number of benzene rings is 2. The van der Waals surface area contributed by atoms with E-state index in [1.54, 1.807) is 7.05 Å². The number of nitrogens with one attached hydrogen (secondary N) is 1. The van der Waals surface area contributed by atoms with Crippen LogP contribution in [-0.2, 0) is 13.1 Å². The summed E-state index contributed by atoms with van der Waals surface area (Å²) in [4.78, 5) is 14.0. The third kappa shape index (κ3) is 5.18. The first-order valence-corrected chi connectivity index (χ1v) is 8.34. The van der Waals surface area contributed by atoms with Crippen LogP contribution in [0.3, 0.4) is 0 Å². The Kier molecular flexibility index (Phi) is 6.97. The molecule has 0 saturated heterocycles. The molecule has 0 aliphatic rings. The number of hydrogen-bond donors (Lipinski definition) is 2. The minimum atomic E-state index is -0.0728. The maximum Gasteiger partial charge on any atom is 0.251 e. The van der Waals surface area contributed by atoms with E-state index < -0.39 is 0 Å². The van der Waals surface area contributed by atoms with Gasteiger partial charge in [0, 0.05) is 38.3 Å². The van der Waals surface area contributed by atoms with Crippen LogP contribution in [0.15, 0.2) is 54.6 Å². The van der Waals surface area contributed by atoms with E-state index in [1.807, 2.05) is 42.5 Å². The van der Waals surface area contributed by atoms with Crippen LogP contribution in [0.2, 0.25) is 0 Å². The van der Waals surface area contributed by atoms with Gasteiger partial charge >= 0.3 is 0 Å². The van der Waals surface area contributed by atoms with Crippen LogP contribution in [0.1, 0.15) is 34.8 Å². The first kappa shape index (κ1) is 18.2. The fraction of sp³-hybridized carbons (Fsp3) is 0.350. The highest BCUT2D eigenvalue weighted by Gasteiger charge is 2.15. The van der Waals surface area contributed by atoms with E-state index in [4.69, 9.17) is 0 Å². The fourth-order valence-electron chi connectivity index (χ4n) is 2.70. The molecule has 128 valence electrons. The summed E-state index contributed by atoms with van der Waals surface area (Å²) in [5.74, 6) is -0.0728. The standard InChI is InChI=1S/C20H26N2O2/c1-16(12-13-23)22(14-17-6-4-3-5-7-17)15-18-8-10-19(11-9-18)20(24)21-2/h3-11,16,23H,12-15H2,1-2H3,(H,21,24). The van der Waals surface area contributed by atoms with Crippen molar-refractivity contribution in [2.24, 2.45) is 0 Å². The number of aliphatic hydroxyl groups excluding tert-OH is 1. The Hall–Kier alpha value is -2.17. The van der Waals surface area contributed by atoms with Gasteiger partial charge in [0.2, 0.25) is 0 Å². The lowest BCUT2D eigenvalue weighted by Gasteiger charge is -2.29. The van der Waals surface area contributed by atoms with E-state index in [-0.39, 0.29) is 18.6 Å². The van der Waals surface area contributed by atoms with E-state index in [0.29, 0.717) is 5.56 Å². The summed E-state index contributed by atoms with van der Waals surface area (Å²) in [5, 5.41) is 11.9. The SMILES string of the molecule is CNC(=O)c1ccc(CN(Cc2ccccc2)C(C)CCO)cc1. The second kappa shape index (κ2) is 9.21. The maximum absolute atomic E-state index is 11.6. The second-order valence-electron chi connectivity index (χ2n) is 6.03. The lowest BCUT2D eigenvalue weighted by molar-refractivity contribution is 0.0963. The summed E-state index contributed by atoms with van der Waals surface area (Å²) < 4.78 is 0. The average Bonchev–Trinajstić information content (AvgIpc) is 2.62. The number of amides is 1. The molecule has 0 bridgehead atoms. The molecule has 0 saturated carbocycles. The molecular formula is C20H26N2O2. The maximum atomic E-state index is 11.6. The van der Waals surface area contributed by atoms with Gasteiger partial charge in [0.1, 0.15) is 0 Å². The first-order valence-electron chi connectivity index (χ1n) is 8.34. The van der Waals surface area contributed by atoms with Crippen molar-refractivity contribution in [1.82, 2.24) is 10.2 Å². The van der Waals surface area contributed by atoms with Gasteiger partial charge in [-0.15, -0.1) is 0 Å². The third-order valence-electron chi connectivity index (χ3n) is 4.23. The molecule has 4 nitrogen and oxygen atoms in total. The molecule has 24 heavy (non-hydrogen) atoms. The average molecular weight is 326 g/mol. The van der Waals surface area contributed by atoms with Gasteiger partial charge in [-0.05, 0) is 36.6 Å². The number of nitrogens with zero attached hydrogens (tertiary/aromatic N) is 1. The molecule has 1 atom stereocenters. The Morgan fingerprint density at radius 1 is 1.04 bits per heavy atom. The van der Waals surface area contributed by atoms with Crippen molar-refractivity contribution in [3.05, 3.63) is 71.3 Å². The van der Waals surface area contributed by atoms with Crippen LogP contribution in [0.25, 0.3) is 0 Å². The van der Waals surface area contributed by atoms with E-state index in [0.717, 1.165) is 25.1 Å². The lowest BCUT2D eigenvalue weighted by Crippen LogP contribution is -2.32. The Bertz CT molecular complexity index is 626. The summed E-state index contributed by atoms with van der Waals surface area (Å²) in [6, 6.07) is 18.3. The van der Waals surface area contributed by atoms with Crippen LogP contribution < -0.4 is 5.32 Å². The highest BCUT2D eigenvalue weighted by atomic mass is 16.3. The first-order chi connectivity index (χ1) is 11.6. The van der Waals surface area contributed by atoms with Crippen LogP contribution in [-0.4, -0.2) is 35.6 Å². The Labute approximate surface area is 144 Å². The van der Waals surface area contributed by atoms with Crippen molar-refractivity contribution in [2.75, 3.05) is 13.7 Å². The molecule has 1 amide bonds. The molecule has 0 radical (unpaired) electrons. The van der Waals surface area contributed by atoms with E-state index in [1.165, 1.54) is 5.56 Å². The van der Waals surface area contributed by atoms with Gasteiger partial charge in [0.25, 0.3) is 5.91 Å². The Balaban J connectivity index is 2.10. The van der Waals surface area contributed by atoms with Gasteiger partial charge in [0.05, 0.1) is 0 Å². The minimum Gasteiger partial charge on any atom is -0.396 e. The molecule has 2 rings (SSSR count). The minimum absolute atomic E-state index is 0.0728. The molecule has 2 aromatic rings. The van der Waals surface area contributed by atoms with E-state index in [9.17, 15) is 9.90 Å². The summed E-state index contributed by atoms with van der Waals surface area (Å²) in [5.41, 5.74) is 3.08. The Morgan fingerprint density at radius 3 is 2.17 bits per heavy atom. The van der Waals surface area contributed by atoms with E-state index >= 15 is 0 Å². The highest BCUT2D eigenvalue weighted by molar-refractivity contribution is 5.93. The normalized spacial score (nSPS) is 12.2. The van der Waals surface area contributed by atoms with Crippen LogP contribution in [0, 0.1) is 0 Å². The molecule has 0 aliphatic carbocycles. The number of carbonyl (C=O) groups excluding carboxylic acids is 1. The molecule has 0 heterocycles. The smallest absolute Gasteiger partial charge is 0.251 e. The molecule has 2 aromatic carbocycles. The molecule has 2 N–H and O–H groups in total. The van der Waals surface area contributed by atoms with Gasteiger partial charge < -0.3 is 10.4 Å². The summed E-state index contributed by atoms with van der Waals surface area (Å²) >= 11 is 0. The van der Waals surface area contributed by atoms with Crippen molar-refractivity contribution in [1.29, 1.82) is 0 Å². The zero-order valence-corrected chi connectivity index (χ0v) is 14.4. The molecule has 0 aliphatic heterocycles. The quantitative estimate of drug-likeness (QED) is 0.784. The van der Waals surface area contributed by atoms with Gasteiger partial charge in [-0.1, -0.05) is 42.5 Å². The summed E-state index contributed by atoms with van der Waals surface area (Å²) in [7, 11) is 1.63. The topological polar surface area (TPSA) is 52.6 Å². The van der Waals surface area contributed by atoms with Gasteiger partial charge in [-0.3, -0.25) is 9.69 Å².